The molecule has 4 rings (SSSR count). The number of fused-ring (bicyclic) bond motifs is 1. The van der Waals surface area contributed by atoms with Crippen LogP contribution in [0.5, 0.6) is 0 Å². The highest BCUT2D eigenvalue weighted by Gasteiger charge is 2.48. The molecule has 0 saturated carbocycles. The van der Waals surface area contributed by atoms with E-state index in [9.17, 15) is 9.59 Å². The summed E-state index contributed by atoms with van der Waals surface area (Å²) in [5.41, 5.74) is 6.05. The maximum atomic E-state index is 12.6. The molecule has 2 N–H and O–H groups in total. The number of hydrazone groups is 1. The van der Waals surface area contributed by atoms with Gasteiger partial charge in [-0.15, -0.1) is 0 Å². The molecule has 2 unspecified atom stereocenters. The van der Waals surface area contributed by atoms with Crippen LogP contribution < -0.4 is 10.7 Å². The van der Waals surface area contributed by atoms with Crippen molar-refractivity contribution in [3.8, 4) is 0 Å². The van der Waals surface area contributed by atoms with Crippen LogP contribution in [0.25, 0.3) is 0 Å². The second kappa shape index (κ2) is 8.27. The zero-order chi connectivity index (χ0) is 21.3. The Morgan fingerprint density at radius 1 is 1.17 bits per heavy atom. The Morgan fingerprint density at radius 2 is 1.87 bits per heavy atom. The second-order valence-corrected chi connectivity index (χ2v) is 8.17. The average Bonchev–Trinajstić information content (AvgIpc) is 3.08. The van der Waals surface area contributed by atoms with E-state index in [1.54, 1.807) is 13.3 Å². The van der Waals surface area contributed by atoms with Crippen LogP contribution >= 0.6 is 15.9 Å². The first-order chi connectivity index (χ1) is 14.4. The van der Waals surface area contributed by atoms with Crippen molar-refractivity contribution in [1.29, 1.82) is 0 Å². The molecule has 8 nitrogen and oxygen atoms in total. The SMILES string of the molecule is Cc1ccc(CN2C(N/N=C/c3ccc(Br)cc3)=NC3C2C(=O)NC(=O)N3C)cc1. The fourth-order valence-electron chi connectivity index (χ4n) is 3.40. The largest absolute Gasteiger partial charge is 0.325 e. The monoisotopic (exact) mass is 468 g/mol. The number of likely N-dealkylation sites (N-methyl/N-ethyl adjacent to an activating group) is 1. The van der Waals surface area contributed by atoms with Gasteiger partial charge in [0.15, 0.2) is 12.2 Å². The molecule has 2 aromatic rings. The van der Waals surface area contributed by atoms with Crippen LogP contribution in [0, 0.1) is 6.92 Å². The molecule has 2 atom stereocenters. The van der Waals surface area contributed by atoms with Crippen LogP contribution in [0.1, 0.15) is 16.7 Å². The van der Waals surface area contributed by atoms with Gasteiger partial charge in [0.2, 0.25) is 5.96 Å². The number of carbonyl (C=O) groups excluding carboxylic acids is 2. The van der Waals surface area contributed by atoms with E-state index in [0.717, 1.165) is 21.2 Å². The van der Waals surface area contributed by atoms with Gasteiger partial charge in [-0.1, -0.05) is 57.9 Å². The van der Waals surface area contributed by atoms with E-state index in [1.165, 1.54) is 4.90 Å². The molecular weight excluding hydrogens is 448 g/mol. The lowest BCUT2D eigenvalue weighted by atomic mass is 10.1. The molecule has 30 heavy (non-hydrogen) atoms. The number of halogens is 1. The summed E-state index contributed by atoms with van der Waals surface area (Å²) in [6.07, 6.45) is 1.07. The van der Waals surface area contributed by atoms with Gasteiger partial charge in [0, 0.05) is 18.1 Å². The van der Waals surface area contributed by atoms with Crippen LogP contribution in [0.4, 0.5) is 4.79 Å². The molecule has 1 fully saturated rings. The fourth-order valence-corrected chi connectivity index (χ4v) is 3.66. The van der Waals surface area contributed by atoms with Crippen LogP contribution in [0.15, 0.2) is 63.1 Å². The quantitative estimate of drug-likeness (QED) is 0.532. The molecule has 0 spiro atoms. The lowest BCUT2D eigenvalue weighted by Gasteiger charge is -2.36. The summed E-state index contributed by atoms with van der Waals surface area (Å²) in [7, 11) is 1.63. The Labute approximate surface area is 182 Å². The summed E-state index contributed by atoms with van der Waals surface area (Å²) in [5, 5.41) is 6.68. The minimum atomic E-state index is -0.626. The maximum Gasteiger partial charge on any atom is 0.325 e. The molecule has 2 heterocycles. The lowest BCUT2D eigenvalue weighted by molar-refractivity contribution is -0.127. The third kappa shape index (κ3) is 4.06. The standard InChI is InChI=1S/C21H21BrN6O2/c1-13-3-5-15(6-4-13)12-28-17-18(27(2)21(30)25-19(17)29)24-20(28)26-23-11-14-7-9-16(22)10-8-14/h3-11,17-18H,12H2,1-2H3,(H,24,26)(H,25,29,30)/b23-11+. The molecule has 0 radical (unpaired) electrons. The molecule has 0 bridgehead atoms. The van der Waals surface area contributed by atoms with Crippen molar-refractivity contribution >= 4 is 40.0 Å². The average molecular weight is 469 g/mol. The van der Waals surface area contributed by atoms with E-state index in [4.69, 9.17) is 0 Å². The number of nitrogens with zero attached hydrogens (tertiary/aromatic N) is 4. The highest BCUT2D eigenvalue weighted by molar-refractivity contribution is 9.10. The highest BCUT2D eigenvalue weighted by Crippen LogP contribution is 2.25. The van der Waals surface area contributed by atoms with E-state index in [0.29, 0.717) is 12.5 Å². The Hall–Kier alpha value is -3.20. The van der Waals surface area contributed by atoms with Crippen molar-refractivity contribution in [2.45, 2.75) is 25.7 Å². The summed E-state index contributed by atoms with van der Waals surface area (Å²) in [6.45, 7) is 2.48. The number of guanidine groups is 1. The summed E-state index contributed by atoms with van der Waals surface area (Å²) in [5.74, 6) is 0.0725. The number of imide groups is 1. The van der Waals surface area contributed by atoms with Gasteiger partial charge in [-0.05, 0) is 30.2 Å². The van der Waals surface area contributed by atoms with Crippen LogP contribution in [0.2, 0.25) is 0 Å². The minimum Gasteiger partial charge on any atom is -0.321 e. The van der Waals surface area contributed by atoms with Crippen molar-refractivity contribution in [2.75, 3.05) is 7.05 Å². The van der Waals surface area contributed by atoms with Gasteiger partial charge in [0.1, 0.15) is 0 Å². The highest BCUT2D eigenvalue weighted by atomic mass is 79.9. The molecular formula is C21H21BrN6O2. The van der Waals surface area contributed by atoms with E-state index >= 15 is 0 Å². The number of carbonyl (C=O) groups is 2. The molecule has 3 amide bonds. The third-order valence-electron chi connectivity index (χ3n) is 5.08. The van der Waals surface area contributed by atoms with Gasteiger partial charge in [0.05, 0.1) is 6.21 Å². The van der Waals surface area contributed by atoms with Crippen molar-refractivity contribution in [3.63, 3.8) is 0 Å². The Morgan fingerprint density at radius 3 is 2.57 bits per heavy atom. The van der Waals surface area contributed by atoms with Crippen LogP contribution in [0.3, 0.4) is 0 Å². The van der Waals surface area contributed by atoms with E-state index < -0.39 is 18.2 Å². The third-order valence-corrected chi connectivity index (χ3v) is 5.61. The first kappa shape index (κ1) is 20.1. The molecule has 0 aromatic heterocycles. The van der Waals surface area contributed by atoms with Crippen molar-refractivity contribution in [2.24, 2.45) is 10.1 Å². The summed E-state index contributed by atoms with van der Waals surface area (Å²) in [6, 6.07) is 14.7. The number of aliphatic imine (C=N–C) groups is 1. The number of hydrogen-bond donors (Lipinski definition) is 2. The number of rotatable bonds is 4. The zero-order valence-electron chi connectivity index (χ0n) is 16.5. The van der Waals surface area contributed by atoms with Crippen LogP contribution in [-0.2, 0) is 11.3 Å². The molecule has 2 aliphatic rings. The molecule has 9 heteroatoms. The van der Waals surface area contributed by atoms with Crippen molar-refractivity contribution < 1.29 is 9.59 Å². The van der Waals surface area contributed by atoms with Gasteiger partial charge in [-0.2, -0.15) is 5.10 Å². The minimum absolute atomic E-state index is 0.368. The number of amides is 3. The van der Waals surface area contributed by atoms with Gasteiger partial charge in [-0.25, -0.2) is 15.2 Å². The normalized spacial score (nSPS) is 21.0. The number of urea groups is 1. The molecule has 0 aliphatic carbocycles. The smallest absolute Gasteiger partial charge is 0.321 e. The van der Waals surface area contributed by atoms with Crippen LogP contribution in [-0.4, -0.2) is 53.2 Å². The Balaban J connectivity index is 1.58. The first-order valence-electron chi connectivity index (χ1n) is 9.44. The first-order valence-corrected chi connectivity index (χ1v) is 10.2. The van der Waals surface area contributed by atoms with Crippen molar-refractivity contribution in [1.82, 2.24) is 20.5 Å². The predicted molar refractivity (Wildman–Crippen MR) is 118 cm³/mol. The number of nitrogens with one attached hydrogen (secondary N) is 2. The molecule has 154 valence electrons. The molecule has 2 aromatic carbocycles. The molecule has 1 saturated heterocycles. The predicted octanol–water partition coefficient (Wildman–Crippen LogP) is 2.43. The lowest BCUT2D eigenvalue weighted by Crippen LogP contribution is -2.63. The fraction of sp³-hybridized carbons (Fsp3) is 0.238. The Kier molecular flexibility index (Phi) is 5.54. The topological polar surface area (TPSA) is 89.4 Å². The van der Waals surface area contributed by atoms with Gasteiger partial charge in [0.25, 0.3) is 5.91 Å². The number of aryl methyl sites for hydroxylation is 1. The van der Waals surface area contributed by atoms with E-state index in [2.05, 4.69) is 36.8 Å². The van der Waals surface area contributed by atoms with Crippen molar-refractivity contribution in [3.05, 3.63) is 69.7 Å². The number of hydrogen-bond acceptors (Lipinski definition) is 6. The zero-order valence-corrected chi connectivity index (χ0v) is 18.1. The Bertz CT molecular complexity index is 1020. The maximum absolute atomic E-state index is 12.6. The summed E-state index contributed by atoms with van der Waals surface area (Å²) >= 11 is 3.41. The number of benzene rings is 2. The summed E-state index contributed by atoms with van der Waals surface area (Å²) < 4.78 is 0.986. The van der Waals surface area contributed by atoms with Gasteiger partial charge >= 0.3 is 6.03 Å². The molecule has 2 aliphatic heterocycles. The van der Waals surface area contributed by atoms with E-state index in [-0.39, 0.29) is 5.91 Å². The summed E-state index contributed by atoms with van der Waals surface area (Å²) in [4.78, 5) is 32.5. The van der Waals surface area contributed by atoms with Gasteiger partial charge < -0.3 is 9.80 Å². The van der Waals surface area contributed by atoms with E-state index in [1.807, 2.05) is 60.4 Å². The second-order valence-electron chi connectivity index (χ2n) is 7.25. The van der Waals surface area contributed by atoms with Gasteiger partial charge in [-0.3, -0.25) is 10.1 Å².